The Labute approximate surface area is 129 Å². The van der Waals surface area contributed by atoms with E-state index in [1.165, 1.54) is 16.0 Å². The van der Waals surface area contributed by atoms with Crippen LogP contribution in [0.5, 0.6) is 0 Å². The molecule has 110 valence electrons. The molecule has 3 nitrogen and oxygen atoms in total. The molecule has 1 unspecified atom stereocenters. The van der Waals surface area contributed by atoms with Crippen molar-refractivity contribution in [1.29, 1.82) is 0 Å². The first kappa shape index (κ1) is 14.3. The lowest BCUT2D eigenvalue weighted by Gasteiger charge is -2.36. The van der Waals surface area contributed by atoms with E-state index in [-0.39, 0.29) is 5.91 Å². The summed E-state index contributed by atoms with van der Waals surface area (Å²) in [6.45, 7) is 1.96. The third-order valence-electron chi connectivity index (χ3n) is 4.05. The van der Waals surface area contributed by atoms with E-state index in [4.69, 9.17) is 5.73 Å². The van der Waals surface area contributed by atoms with E-state index in [2.05, 4.69) is 46.7 Å². The highest BCUT2D eigenvalue weighted by Gasteiger charge is 2.28. The minimum absolute atomic E-state index is 0.209. The molecule has 0 saturated carbocycles. The van der Waals surface area contributed by atoms with Crippen LogP contribution in [-0.2, 0) is 11.2 Å². The van der Waals surface area contributed by atoms with Crippen LogP contribution in [0.1, 0.15) is 34.9 Å². The minimum Gasteiger partial charge on any atom is -0.370 e. The number of amides is 1. The highest BCUT2D eigenvalue weighted by molar-refractivity contribution is 7.10. The molecule has 0 spiro atoms. The molecule has 2 N–H and O–H groups in total. The summed E-state index contributed by atoms with van der Waals surface area (Å²) in [6, 6.07) is 13.2. The Balaban J connectivity index is 1.84. The van der Waals surface area contributed by atoms with Gasteiger partial charge in [0.1, 0.15) is 0 Å². The summed E-state index contributed by atoms with van der Waals surface area (Å²) in [5.41, 5.74) is 8.01. The zero-order valence-electron chi connectivity index (χ0n) is 12.0. The molecular formula is C17H20N2OS. The van der Waals surface area contributed by atoms with E-state index < -0.39 is 0 Å². The molecular weight excluding hydrogens is 280 g/mol. The standard InChI is InChI=1S/C17H20N2OS/c18-16(20)7-4-10-19-11-8-15-14(9-12-21-15)17(19)13-5-2-1-3-6-13/h1-3,5-6,9,12,17H,4,7-8,10-11H2,(H2,18,20). The number of benzene rings is 1. The van der Waals surface area contributed by atoms with Crippen LogP contribution in [0.2, 0.25) is 0 Å². The maximum atomic E-state index is 11.0. The average Bonchev–Trinajstić information content (AvgIpc) is 2.96. The van der Waals surface area contributed by atoms with Gasteiger partial charge in [0, 0.05) is 17.8 Å². The fourth-order valence-electron chi connectivity index (χ4n) is 3.09. The van der Waals surface area contributed by atoms with Crippen LogP contribution in [0, 0.1) is 0 Å². The number of rotatable bonds is 5. The quantitative estimate of drug-likeness (QED) is 0.923. The van der Waals surface area contributed by atoms with Gasteiger partial charge in [-0.15, -0.1) is 11.3 Å². The fraction of sp³-hybridized carbons (Fsp3) is 0.353. The second-order valence-electron chi connectivity index (χ2n) is 5.47. The van der Waals surface area contributed by atoms with E-state index >= 15 is 0 Å². The zero-order chi connectivity index (χ0) is 14.7. The van der Waals surface area contributed by atoms with Crippen molar-refractivity contribution >= 4 is 17.2 Å². The summed E-state index contributed by atoms with van der Waals surface area (Å²) in [7, 11) is 0. The molecule has 0 saturated heterocycles. The predicted octanol–water partition coefficient (Wildman–Crippen LogP) is 2.96. The summed E-state index contributed by atoms with van der Waals surface area (Å²) in [5.74, 6) is -0.209. The van der Waals surface area contributed by atoms with Gasteiger partial charge in [-0.3, -0.25) is 9.69 Å². The molecule has 1 aliphatic heterocycles. The molecule has 1 aliphatic rings. The van der Waals surface area contributed by atoms with Gasteiger partial charge in [0.05, 0.1) is 6.04 Å². The first-order valence-corrected chi connectivity index (χ1v) is 8.27. The van der Waals surface area contributed by atoms with Gasteiger partial charge in [0.15, 0.2) is 0 Å². The molecule has 3 rings (SSSR count). The van der Waals surface area contributed by atoms with Gasteiger partial charge in [-0.1, -0.05) is 30.3 Å². The van der Waals surface area contributed by atoms with Crippen molar-refractivity contribution in [3.63, 3.8) is 0 Å². The van der Waals surface area contributed by atoms with Crippen molar-refractivity contribution in [1.82, 2.24) is 4.90 Å². The monoisotopic (exact) mass is 300 g/mol. The number of nitrogens with zero attached hydrogens (tertiary/aromatic N) is 1. The van der Waals surface area contributed by atoms with Crippen LogP contribution in [0.3, 0.4) is 0 Å². The maximum absolute atomic E-state index is 11.0. The Kier molecular flexibility index (Phi) is 4.36. The van der Waals surface area contributed by atoms with Crippen molar-refractivity contribution in [2.45, 2.75) is 25.3 Å². The zero-order valence-corrected chi connectivity index (χ0v) is 12.8. The number of carbonyl (C=O) groups is 1. The average molecular weight is 300 g/mol. The van der Waals surface area contributed by atoms with Gasteiger partial charge in [-0.05, 0) is 42.0 Å². The number of primary amides is 1. The van der Waals surface area contributed by atoms with Crippen LogP contribution < -0.4 is 5.73 Å². The van der Waals surface area contributed by atoms with E-state index in [1.807, 2.05) is 11.3 Å². The van der Waals surface area contributed by atoms with Crippen LogP contribution in [-0.4, -0.2) is 23.9 Å². The summed E-state index contributed by atoms with van der Waals surface area (Å²) in [4.78, 5) is 14.9. The molecule has 0 fully saturated rings. The van der Waals surface area contributed by atoms with Crippen molar-refractivity contribution < 1.29 is 4.79 Å². The van der Waals surface area contributed by atoms with Crippen LogP contribution in [0.25, 0.3) is 0 Å². The van der Waals surface area contributed by atoms with Gasteiger partial charge in [0.2, 0.25) is 5.91 Å². The highest BCUT2D eigenvalue weighted by atomic mass is 32.1. The number of fused-ring (bicyclic) bond motifs is 1. The summed E-state index contributed by atoms with van der Waals surface area (Å²) in [5, 5.41) is 2.19. The number of hydrogen-bond acceptors (Lipinski definition) is 3. The lowest BCUT2D eigenvalue weighted by Crippen LogP contribution is -2.36. The number of carbonyl (C=O) groups excluding carboxylic acids is 1. The summed E-state index contributed by atoms with van der Waals surface area (Å²) < 4.78 is 0. The Bertz CT molecular complexity index is 608. The summed E-state index contributed by atoms with van der Waals surface area (Å²) in [6.07, 6.45) is 2.40. The maximum Gasteiger partial charge on any atom is 0.217 e. The molecule has 4 heteroatoms. The SMILES string of the molecule is NC(=O)CCCN1CCc2sccc2C1c1ccccc1. The van der Waals surface area contributed by atoms with Gasteiger partial charge in [0.25, 0.3) is 0 Å². The van der Waals surface area contributed by atoms with E-state index in [1.54, 1.807) is 0 Å². The smallest absolute Gasteiger partial charge is 0.217 e. The molecule has 2 heterocycles. The van der Waals surface area contributed by atoms with Crippen molar-refractivity contribution in [3.8, 4) is 0 Å². The molecule has 1 atom stereocenters. The Morgan fingerprint density at radius 1 is 1.29 bits per heavy atom. The van der Waals surface area contributed by atoms with Crippen molar-refractivity contribution in [2.24, 2.45) is 5.73 Å². The highest BCUT2D eigenvalue weighted by Crippen LogP contribution is 2.37. The van der Waals surface area contributed by atoms with Gasteiger partial charge in [-0.2, -0.15) is 0 Å². The first-order valence-electron chi connectivity index (χ1n) is 7.39. The van der Waals surface area contributed by atoms with E-state index in [0.29, 0.717) is 12.5 Å². The van der Waals surface area contributed by atoms with E-state index in [0.717, 1.165) is 25.9 Å². The van der Waals surface area contributed by atoms with Crippen LogP contribution >= 0.6 is 11.3 Å². The third kappa shape index (κ3) is 3.17. The second kappa shape index (κ2) is 6.41. The lowest BCUT2D eigenvalue weighted by atomic mass is 9.93. The predicted molar refractivity (Wildman–Crippen MR) is 86.3 cm³/mol. The largest absolute Gasteiger partial charge is 0.370 e. The third-order valence-corrected chi connectivity index (χ3v) is 5.05. The Morgan fingerprint density at radius 3 is 2.86 bits per heavy atom. The molecule has 2 aromatic rings. The molecule has 21 heavy (non-hydrogen) atoms. The Morgan fingerprint density at radius 2 is 2.10 bits per heavy atom. The van der Waals surface area contributed by atoms with Gasteiger partial charge < -0.3 is 5.73 Å². The topological polar surface area (TPSA) is 46.3 Å². The lowest BCUT2D eigenvalue weighted by molar-refractivity contribution is -0.118. The molecule has 1 aromatic heterocycles. The fourth-order valence-corrected chi connectivity index (χ4v) is 4.00. The normalized spacial score (nSPS) is 18.4. The van der Waals surface area contributed by atoms with Gasteiger partial charge in [-0.25, -0.2) is 0 Å². The molecule has 0 radical (unpaired) electrons. The minimum atomic E-state index is -0.209. The molecule has 1 aromatic carbocycles. The number of thiophene rings is 1. The summed E-state index contributed by atoms with van der Waals surface area (Å²) >= 11 is 1.85. The van der Waals surface area contributed by atoms with Crippen LogP contribution in [0.15, 0.2) is 41.8 Å². The van der Waals surface area contributed by atoms with E-state index in [9.17, 15) is 4.79 Å². The Hall–Kier alpha value is -1.65. The first-order chi connectivity index (χ1) is 10.3. The number of hydrogen-bond donors (Lipinski definition) is 1. The second-order valence-corrected chi connectivity index (χ2v) is 6.47. The van der Waals surface area contributed by atoms with Gasteiger partial charge >= 0.3 is 0 Å². The molecule has 1 amide bonds. The van der Waals surface area contributed by atoms with Crippen molar-refractivity contribution in [2.75, 3.05) is 13.1 Å². The van der Waals surface area contributed by atoms with Crippen LogP contribution in [0.4, 0.5) is 0 Å². The number of nitrogens with two attached hydrogens (primary N) is 1. The molecule has 0 bridgehead atoms. The van der Waals surface area contributed by atoms with Crippen molar-refractivity contribution in [3.05, 3.63) is 57.8 Å². The molecule has 0 aliphatic carbocycles.